The molecule has 1 amide bonds. The molecule has 4 heteroatoms. The van der Waals surface area contributed by atoms with Crippen molar-refractivity contribution in [1.82, 2.24) is 4.90 Å². The van der Waals surface area contributed by atoms with Crippen LogP contribution in [0.25, 0.3) is 0 Å². The molecule has 1 saturated carbocycles. The van der Waals surface area contributed by atoms with Gasteiger partial charge >= 0.3 is 0 Å². The molecule has 0 bridgehead atoms. The minimum Gasteiger partial charge on any atom is -0.324 e. The Bertz CT molecular complexity index is 241. The van der Waals surface area contributed by atoms with Gasteiger partial charge in [0.1, 0.15) is 0 Å². The van der Waals surface area contributed by atoms with E-state index in [0.717, 1.165) is 19.4 Å². The molecule has 0 N–H and O–H groups in total. The number of hydrogen-bond donors (Lipinski definition) is 0. The molecule has 0 radical (unpaired) electrons. The van der Waals surface area contributed by atoms with Gasteiger partial charge in [0.15, 0.2) is 5.78 Å². The van der Waals surface area contributed by atoms with Crippen LogP contribution < -0.4 is 0 Å². The maximum Gasteiger partial charge on any atom is 0.283 e. The Morgan fingerprint density at radius 3 is 2.92 bits per heavy atom. The Hall–Kier alpha value is -0.130. The number of fused-ring (bicyclic) bond motifs is 1. The van der Waals surface area contributed by atoms with Crippen molar-refractivity contribution in [1.29, 1.82) is 0 Å². The average molecular weight is 279 g/mol. The van der Waals surface area contributed by atoms with Crippen LogP contribution in [0.2, 0.25) is 0 Å². The molecule has 1 heterocycles. The van der Waals surface area contributed by atoms with E-state index >= 15 is 0 Å². The summed E-state index contributed by atoms with van der Waals surface area (Å²) in [6.07, 6.45) is 2.69. The second kappa shape index (κ2) is 2.97. The molecule has 1 aliphatic heterocycles. The quantitative estimate of drug-likeness (QED) is 0.383. The van der Waals surface area contributed by atoms with E-state index in [4.69, 9.17) is 0 Å². The van der Waals surface area contributed by atoms with E-state index in [1.807, 2.05) is 0 Å². The van der Waals surface area contributed by atoms with Gasteiger partial charge in [-0.1, -0.05) is 0 Å². The molecule has 2 rings (SSSR count). The number of hydrogen-bond acceptors (Lipinski definition) is 2. The number of amides is 1. The Kier molecular flexibility index (Phi) is 2.10. The zero-order valence-electron chi connectivity index (χ0n) is 6.62. The summed E-state index contributed by atoms with van der Waals surface area (Å²) in [7, 11) is 0. The molecule has 2 fully saturated rings. The summed E-state index contributed by atoms with van der Waals surface area (Å²) in [4.78, 5) is 24.2. The average Bonchev–Trinajstić information content (AvgIpc) is 2.53. The Morgan fingerprint density at radius 2 is 2.25 bits per heavy atom. The summed E-state index contributed by atoms with van der Waals surface area (Å²) >= 11 is 1.77. The normalized spacial score (nSPS) is 34.1. The topological polar surface area (TPSA) is 37.4 Å². The highest BCUT2D eigenvalue weighted by atomic mass is 127. The summed E-state index contributed by atoms with van der Waals surface area (Å²) in [6, 6.07) is -0.0607. The maximum atomic E-state index is 11.4. The van der Waals surface area contributed by atoms with E-state index in [1.165, 1.54) is 0 Å². The predicted octanol–water partition coefficient (Wildman–Crippen LogP) is 1.59. The Balaban J connectivity index is 2.19. The molecule has 0 aromatic heterocycles. The third-order valence-electron chi connectivity index (χ3n) is 2.84. The number of likely N-dealkylation sites (tertiary alicyclic amines) is 1. The number of carbonyl (C=O) groups excluding carboxylic acids is 2. The molecule has 66 valence electrons. The number of halogens is 1. The van der Waals surface area contributed by atoms with Crippen molar-refractivity contribution < 1.29 is 9.59 Å². The van der Waals surface area contributed by atoms with Gasteiger partial charge in [0.25, 0.3) is 3.91 Å². The number of carbonyl (C=O) groups is 2. The molecule has 2 atom stereocenters. The van der Waals surface area contributed by atoms with Crippen molar-refractivity contribution in [3.8, 4) is 0 Å². The molecule has 2 aliphatic rings. The molecule has 0 aromatic carbocycles. The third-order valence-corrected chi connectivity index (χ3v) is 3.46. The second-order valence-corrected chi connectivity index (χ2v) is 4.37. The summed E-state index contributed by atoms with van der Waals surface area (Å²) in [5.74, 6) is 0.735. The lowest BCUT2D eigenvalue weighted by Crippen LogP contribution is -2.36. The fourth-order valence-electron chi connectivity index (χ4n) is 2.27. The first kappa shape index (κ1) is 8.47. The van der Waals surface area contributed by atoms with E-state index in [2.05, 4.69) is 0 Å². The van der Waals surface area contributed by atoms with Gasteiger partial charge < -0.3 is 4.90 Å². The lowest BCUT2D eigenvalue weighted by molar-refractivity contribution is -0.120. The standard InChI is InChI=1S/C8H10INO2/c9-8(12)10-4-3-5-1-2-6(11)7(5)10/h5,7H,1-4H2. The fraction of sp³-hybridized carbons (Fsp3) is 0.750. The van der Waals surface area contributed by atoms with Crippen LogP contribution in [0.15, 0.2) is 0 Å². The SMILES string of the molecule is O=C1CCC2CCN(C(=O)I)C12. The largest absolute Gasteiger partial charge is 0.324 e. The Morgan fingerprint density at radius 1 is 1.50 bits per heavy atom. The Labute approximate surface area is 84.6 Å². The first-order valence-corrected chi connectivity index (χ1v) is 5.27. The van der Waals surface area contributed by atoms with Crippen molar-refractivity contribution in [2.45, 2.75) is 25.3 Å². The molecule has 0 aromatic rings. The van der Waals surface area contributed by atoms with Gasteiger partial charge in [-0.05, 0) is 18.8 Å². The lowest BCUT2D eigenvalue weighted by atomic mass is 10.0. The molecule has 2 unspecified atom stereocenters. The van der Waals surface area contributed by atoms with Crippen molar-refractivity contribution in [2.75, 3.05) is 6.54 Å². The van der Waals surface area contributed by atoms with Crippen LogP contribution in [0.1, 0.15) is 19.3 Å². The van der Waals surface area contributed by atoms with Crippen LogP contribution in [0.5, 0.6) is 0 Å². The summed E-state index contributed by atoms with van der Waals surface area (Å²) in [6.45, 7) is 0.781. The van der Waals surface area contributed by atoms with Crippen molar-refractivity contribution in [3.05, 3.63) is 0 Å². The van der Waals surface area contributed by atoms with E-state index in [1.54, 1.807) is 27.5 Å². The number of Topliss-reactive ketones (excluding diaryl/α,β-unsaturated/α-hetero) is 1. The molecule has 1 saturated heterocycles. The van der Waals surface area contributed by atoms with Crippen LogP contribution in [0.3, 0.4) is 0 Å². The predicted molar refractivity (Wildman–Crippen MR) is 52.3 cm³/mol. The lowest BCUT2D eigenvalue weighted by Gasteiger charge is -2.19. The summed E-state index contributed by atoms with van der Waals surface area (Å²) < 4.78 is 0.0235. The van der Waals surface area contributed by atoms with E-state index in [9.17, 15) is 9.59 Å². The highest BCUT2D eigenvalue weighted by Gasteiger charge is 2.44. The highest BCUT2D eigenvalue weighted by molar-refractivity contribution is 14.1. The third kappa shape index (κ3) is 1.16. The minimum atomic E-state index is -0.0607. The van der Waals surface area contributed by atoms with Gasteiger partial charge in [-0.25, -0.2) is 0 Å². The maximum absolute atomic E-state index is 11.4. The molecular formula is C8H10INO2. The van der Waals surface area contributed by atoms with Crippen molar-refractivity contribution >= 4 is 32.3 Å². The zero-order valence-corrected chi connectivity index (χ0v) is 8.78. The zero-order chi connectivity index (χ0) is 8.72. The molecule has 0 spiro atoms. The van der Waals surface area contributed by atoms with Crippen LogP contribution >= 0.6 is 22.6 Å². The monoisotopic (exact) mass is 279 g/mol. The van der Waals surface area contributed by atoms with E-state index in [0.29, 0.717) is 12.3 Å². The van der Waals surface area contributed by atoms with Gasteiger partial charge in [0.2, 0.25) is 0 Å². The van der Waals surface area contributed by atoms with Gasteiger partial charge in [0.05, 0.1) is 6.04 Å². The molecular weight excluding hydrogens is 269 g/mol. The van der Waals surface area contributed by atoms with Crippen LogP contribution in [0, 0.1) is 5.92 Å². The number of ketones is 1. The molecule has 12 heavy (non-hydrogen) atoms. The number of rotatable bonds is 0. The minimum absolute atomic E-state index is 0.0235. The highest BCUT2D eigenvalue weighted by Crippen LogP contribution is 2.36. The van der Waals surface area contributed by atoms with Gasteiger partial charge in [-0.15, -0.1) is 0 Å². The molecule has 1 aliphatic carbocycles. The summed E-state index contributed by atoms with van der Waals surface area (Å²) in [5.41, 5.74) is 0. The van der Waals surface area contributed by atoms with E-state index in [-0.39, 0.29) is 15.7 Å². The van der Waals surface area contributed by atoms with E-state index < -0.39 is 0 Å². The van der Waals surface area contributed by atoms with Gasteiger partial charge in [-0.3, -0.25) is 9.59 Å². The summed E-state index contributed by atoms with van der Waals surface area (Å²) in [5, 5.41) is 0. The van der Waals surface area contributed by atoms with Gasteiger partial charge in [-0.2, -0.15) is 0 Å². The van der Waals surface area contributed by atoms with Crippen LogP contribution in [-0.4, -0.2) is 27.2 Å². The van der Waals surface area contributed by atoms with Crippen LogP contribution in [-0.2, 0) is 4.79 Å². The first-order chi connectivity index (χ1) is 5.70. The number of nitrogens with zero attached hydrogens (tertiary/aromatic N) is 1. The van der Waals surface area contributed by atoms with Crippen molar-refractivity contribution in [3.63, 3.8) is 0 Å². The fourth-order valence-corrected chi connectivity index (χ4v) is 2.81. The van der Waals surface area contributed by atoms with Crippen molar-refractivity contribution in [2.24, 2.45) is 5.92 Å². The second-order valence-electron chi connectivity index (χ2n) is 3.44. The molecule has 3 nitrogen and oxygen atoms in total. The van der Waals surface area contributed by atoms with Gasteiger partial charge in [0, 0.05) is 35.6 Å². The van der Waals surface area contributed by atoms with Crippen LogP contribution in [0.4, 0.5) is 4.79 Å². The first-order valence-electron chi connectivity index (χ1n) is 4.19. The smallest absolute Gasteiger partial charge is 0.283 e.